The van der Waals surface area contributed by atoms with Gasteiger partial charge in [-0.3, -0.25) is 4.79 Å². The Morgan fingerprint density at radius 2 is 2.36 bits per heavy atom. The molecule has 0 aromatic carbocycles. The molecule has 4 nitrogen and oxygen atoms in total. The maximum absolute atomic E-state index is 10.7. The summed E-state index contributed by atoms with van der Waals surface area (Å²) >= 11 is 0. The molecule has 0 bridgehead atoms. The number of rotatable bonds is 5. The number of carboxylic acids is 1. The SMILES string of the molecule is C=CCC(C(=C)C(=O)O)C1CC(=O)N1. The van der Waals surface area contributed by atoms with Gasteiger partial charge < -0.3 is 10.4 Å². The average Bonchev–Trinajstić information content (AvgIpc) is 2.08. The third-order valence-electron chi connectivity index (χ3n) is 2.38. The molecule has 1 aliphatic rings. The van der Waals surface area contributed by atoms with Crippen LogP contribution >= 0.6 is 0 Å². The van der Waals surface area contributed by atoms with E-state index in [9.17, 15) is 9.59 Å². The molecule has 1 amide bonds. The maximum atomic E-state index is 10.7. The van der Waals surface area contributed by atoms with Gasteiger partial charge in [-0.05, 0) is 6.42 Å². The Kier molecular flexibility index (Phi) is 3.06. The largest absolute Gasteiger partial charge is 0.478 e. The minimum atomic E-state index is -1.02. The summed E-state index contributed by atoms with van der Waals surface area (Å²) in [5, 5.41) is 11.4. The fourth-order valence-electron chi connectivity index (χ4n) is 1.52. The molecule has 1 aliphatic heterocycles. The Hall–Kier alpha value is -1.58. The molecule has 0 aromatic heterocycles. The Balaban J connectivity index is 2.64. The number of β-lactam (4-membered cyclic amide) rings is 1. The summed E-state index contributed by atoms with van der Waals surface area (Å²) < 4.78 is 0. The van der Waals surface area contributed by atoms with E-state index in [4.69, 9.17) is 5.11 Å². The molecule has 0 spiro atoms. The van der Waals surface area contributed by atoms with Crippen LogP contribution in [0.25, 0.3) is 0 Å². The van der Waals surface area contributed by atoms with Crippen molar-refractivity contribution < 1.29 is 14.7 Å². The van der Waals surface area contributed by atoms with E-state index in [1.54, 1.807) is 6.08 Å². The molecule has 76 valence electrons. The number of carboxylic acid groups (broad SMARTS) is 1. The number of carbonyl (C=O) groups is 2. The van der Waals surface area contributed by atoms with Gasteiger partial charge in [0.15, 0.2) is 0 Å². The third-order valence-corrected chi connectivity index (χ3v) is 2.38. The zero-order chi connectivity index (χ0) is 10.7. The molecule has 1 rings (SSSR count). The molecule has 1 fully saturated rings. The first kappa shape index (κ1) is 10.5. The van der Waals surface area contributed by atoms with Crippen molar-refractivity contribution in [2.75, 3.05) is 0 Å². The van der Waals surface area contributed by atoms with E-state index >= 15 is 0 Å². The molecule has 2 unspecified atom stereocenters. The Morgan fingerprint density at radius 1 is 1.79 bits per heavy atom. The number of hydrogen-bond acceptors (Lipinski definition) is 2. The van der Waals surface area contributed by atoms with Crippen molar-refractivity contribution in [3.8, 4) is 0 Å². The molecule has 0 saturated carbocycles. The van der Waals surface area contributed by atoms with Crippen LogP contribution in [0, 0.1) is 5.92 Å². The van der Waals surface area contributed by atoms with E-state index in [0.717, 1.165) is 0 Å². The fourth-order valence-corrected chi connectivity index (χ4v) is 1.52. The summed E-state index contributed by atoms with van der Waals surface area (Å²) in [6.07, 6.45) is 2.55. The molecule has 0 aromatic rings. The number of carbonyl (C=O) groups excluding carboxylic acids is 1. The average molecular weight is 195 g/mol. The number of allylic oxidation sites excluding steroid dienone is 1. The number of hydrogen-bond donors (Lipinski definition) is 2. The van der Waals surface area contributed by atoms with Crippen molar-refractivity contribution in [2.24, 2.45) is 5.92 Å². The molecule has 0 radical (unpaired) electrons. The summed E-state index contributed by atoms with van der Waals surface area (Å²) in [5.74, 6) is -1.29. The standard InChI is InChI=1S/C10H13NO3/c1-3-4-7(6(2)10(13)14)8-5-9(12)11-8/h3,7-8H,1-2,4-5H2,(H,11,12)(H,13,14). The predicted molar refractivity (Wildman–Crippen MR) is 51.6 cm³/mol. The van der Waals surface area contributed by atoms with Crippen LogP contribution in [0.3, 0.4) is 0 Å². The number of amides is 1. The normalized spacial score (nSPS) is 21.7. The van der Waals surface area contributed by atoms with Crippen LogP contribution in [-0.4, -0.2) is 23.0 Å². The van der Waals surface area contributed by atoms with Gasteiger partial charge in [-0.2, -0.15) is 0 Å². The first-order valence-electron chi connectivity index (χ1n) is 4.38. The summed E-state index contributed by atoms with van der Waals surface area (Å²) in [6.45, 7) is 7.06. The van der Waals surface area contributed by atoms with Gasteiger partial charge in [0.05, 0.1) is 0 Å². The van der Waals surface area contributed by atoms with Gasteiger partial charge in [-0.25, -0.2) is 4.79 Å². The Bertz CT molecular complexity index is 288. The topological polar surface area (TPSA) is 66.4 Å². The van der Waals surface area contributed by atoms with Crippen molar-refractivity contribution in [3.05, 3.63) is 24.8 Å². The van der Waals surface area contributed by atoms with Crippen LogP contribution in [0.2, 0.25) is 0 Å². The van der Waals surface area contributed by atoms with E-state index in [0.29, 0.717) is 12.8 Å². The summed E-state index contributed by atoms with van der Waals surface area (Å²) in [4.78, 5) is 21.4. The van der Waals surface area contributed by atoms with Crippen molar-refractivity contribution in [1.82, 2.24) is 5.32 Å². The van der Waals surface area contributed by atoms with Gasteiger partial charge >= 0.3 is 5.97 Å². The van der Waals surface area contributed by atoms with Crippen molar-refractivity contribution in [3.63, 3.8) is 0 Å². The minimum absolute atomic E-state index is 0.0396. The van der Waals surface area contributed by atoms with Crippen LogP contribution in [0.5, 0.6) is 0 Å². The molecule has 14 heavy (non-hydrogen) atoms. The van der Waals surface area contributed by atoms with E-state index in [-0.39, 0.29) is 23.4 Å². The van der Waals surface area contributed by atoms with Gasteiger partial charge in [-0.1, -0.05) is 12.7 Å². The molecule has 1 saturated heterocycles. The van der Waals surface area contributed by atoms with Gasteiger partial charge in [0.2, 0.25) is 5.91 Å². The summed E-state index contributed by atoms with van der Waals surface area (Å²) in [6, 6.07) is -0.0934. The quantitative estimate of drug-likeness (QED) is 0.385. The second-order valence-electron chi connectivity index (χ2n) is 3.34. The molecule has 4 heteroatoms. The van der Waals surface area contributed by atoms with E-state index < -0.39 is 5.97 Å². The maximum Gasteiger partial charge on any atom is 0.331 e. The lowest BCUT2D eigenvalue weighted by Crippen LogP contribution is -2.53. The highest BCUT2D eigenvalue weighted by molar-refractivity contribution is 5.88. The van der Waals surface area contributed by atoms with Crippen LogP contribution in [0.15, 0.2) is 24.8 Å². The fraction of sp³-hybridized carbons (Fsp3) is 0.400. The van der Waals surface area contributed by atoms with E-state index in [2.05, 4.69) is 18.5 Å². The highest BCUT2D eigenvalue weighted by atomic mass is 16.4. The van der Waals surface area contributed by atoms with E-state index in [1.165, 1.54) is 0 Å². The minimum Gasteiger partial charge on any atom is -0.478 e. The summed E-state index contributed by atoms with van der Waals surface area (Å²) in [5.41, 5.74) is 0.134. The van der Waals surface area contributed by atoms with Crippen LogP contribution in [0.4, 0.5) is 0 Å². The molecule has 0 aliphatic carbocycles. The van der Waals surface area contributed by atoms with Crippen LogP contribution in [0.1, 0.15) is 12.8 Å². The number of nitrogens with one attached hydrogen (secondary N) is 1. The zero-order valence-corrected chi connectivity index (χ0v) is 7.82. The first-order chi connectivity index (χ1) is 6.56. The van der Waals surface area contributed by atoms with Gasteiger partial charge in [0.1, 0.15) is 0 Å². The van der Waals surface area contributed by atoms with Crippen molar-refractivity contribution in [1.29, 1.82) is 0 Å². The lowest BCUT2D eigenvalue weighted by molar-refractivity contribution is -0.135. The highest BCUT2D eigenvalue weighted by Gasteiger charge is 2.35. The highest BCUT2D eigenvalue weighted by Crippen LogP contribution is 2.25. The lowest BCUT2D eigenvalue weighted by atomic mass is 9.83. The molecule has 1 heterocycles. The summed E-state index contributed by atoms with van der Waals surface area (Å²) in [7, 11) is 0. The Labute approximate surface area is 82.3 Å². The second-order valence-corrected chi connectivity index (χ2v) is 3.34. The van der Waals surface area contributed by atoms with Gasteiger partial charge in [-0.15, -0.1) is 6.58 Å². The first-order valence-corrected chi connectivity index (χ1v) is 4.38. The Morgan fingerprint density at radius 3 is 2.71 bits per heavy atom. The zero-order valence-electron chi connectivity index (χ0n) is 7.82. The van der Waals surface area contributed by atoms with Gasteiger partial charge in [0.25, 0.3) is 0 Å². The van der Waals surface area contributed by atoms with E-state index in [1.807, 2.05) is 0 Å². The smallest absolute Gasteiger partial charge is 0.331 e. The van der Waals surface area contributed by atoms with Crippen LogP contribution in [-0.2, 0) is 9.59 Å². The molecule has 2 atom stereocenters. The van der Waals surface area contributed by atoms with Crippen molar-refractivity contribution in [2.45, 2.75) is 18.9 Å². The number of aliphatic carboxylic acids is 1. The third kappa shape index (κ3) is 2.02. The molecular weight excluding hydrogens is 182 g/mol. The second kappa shape index (κ2) is 4.09. The van der Waals surface area contributed by atoms with Crippen LogP contribution < -0.4 is 5.32 Å². The molecule has 2 N–H and O–H groups in total. The molecular formula is C10H13NO3. The van der Waals surface area contributed by atoms with Gasteiger partial charge in [0, 0.05) is 24.0 Å². The monoisotopic (exact) mass is 195 g/mol. The van der Waals surface area contributed by atoms with Crippen molar-refractivity contribution >= 4 is 11.9 Å². The lowest BCUT2D eigenvalue weighted by Gasteiger charge is -2.34. The predicted octanol–water partition coefficient (Wildman–Crippen LogP) is 0.708.